The van der Waals surface area contributed by atoms with Crippen LogP contribution >= 0.6 is 11.6 Å². The van der Waals surface area contributed by atoms with E-state index in [2.05, 4.69) is 23.5 Å². The second kappa shape index (κ2) is 7.38. The summed E-state index contributed by atoms with van der Waals surface area (Å²) in [7, 11) is 3.46. The van der Waals surface area contributed by atoms with E-state index >= 15 is 0 Å². The molecule has 1 amide bonds. The standard InChI is InChI=1S/C18H21ClN2O2/c1-12-5-6-13(2)16(9-12)21(3)11-18(22)20-14-7-8-17(23-4)15(19)10-14/h5-10H,11H2,1-4H3,(H,20,22). The summed E-state index contributed by atoms with van der Waals surface area (Å²) < 4.78 is 5.10. The lowest BCUT2D eigenvalue weighted by atomic mass is 10.1. The lowest BCUT2D eigenvalue weighted by Gasteiger charge is -2.21. The number of hydrogen-bond acceptors (Lipinski definition) is 3. The summed E-state index contributed by atoms with van der Waals surface area (Å²) in [5.41, 5.74) is 4.00. The average Bonchev–Trinajstić information content (AvgIpc) is 2.49. The largest absolute Gasteiger partial charge is 0.495 e. The SMILES string of the molecule is COc1ccc(NC(=O)CN(C)c2cc(C)ccc2C)cc1Cl. The third kappa shape index (κ3) is 4.39. The topological polar surface area (TPSA) is 41.6 Å². The van der Waals surface area contributed by atoms with Crippen LogP contribution in [0.1, 0.15) is 11.1 Å². The number of benzene rings is 2. The molecule has 0 spiro atoms. The average molecular weight is 333 g/mol. The molecule has 2 rings (SSSR count). The molecule has 0 radical (unpaired) electrons. The lowest BCUT2D eigenvalue weighted by molar-refractivity contribution is -0.114. The van der Waals surface area contributed by atoms with Gasteiger partial charge in [-0.3, -0.25) is 4.79 Å². The van der Waals surface area contributed by atoms with E-state index in [1.165, 1.54) is 5.56 Å². The van der Waals surface area contributed by atoms with Gasteiger partial charge in [-0.2, -0.15) is 0 Å². The second-order valence-electron chi connectivity index (χ2n) is 5.54. The fourth-order valence-corrected chi connectivity index (χ4v) is 2.63. The van der Waals surface area contributed by atoms with E-state index in [1.807, 2.05) is 25.8 Å². The van der Waals surface area contributed by atoms with Crippen LogP contribution in [0.25, 0.3) is 0 Å². The predicted molar refractivity (Wildman–Crippen MR) is 95.8 cm³/mol. The van der Waals surface area contributed by atoms with E-state index in [9.17, 15) is 4.79 Å². The summed E-state index contributed by atoms with van der Waals surface area (Å²) >= 11 is 6.07. The van der Waals surface area contributed by atoms with E-state index in [0.29, 0.717) is 16.5 Å². The Labute approximate surface area is 142 Å². The van der Waals surface area contributed by atoms with Gasteiger partial charge in [0, 0.05) is 18.4 Å². The van der Waals surface area contributed by atoms with Crippen LogP contribution in [0, 0.1) is 13.8 Å². The molecule has 0 unspecified atom stereocenters. The molecule has 1 N–H and O–H groups in total. The minimum atomic E-state index is -0.102. The number of carbonyl (C=O) groups is 1. The molecule has 0 bridgehead atoms. The molecular formula is C18H21ClN2O2. The van der Waals surface area contributed by atoms with Crippen LogP contribution in [-0.2, 0) is 4.79 Å². The first-order valence-corrected chi connectivity index (χ1v) is 7.70. The van der Waals surface area contributed by atoms with E-state index in [1.54, 1.807) is 25.3 Å². The molecule has 0 aliphatic heterocycles. The van der Waals surface area contributed by atoms with E-state index in [-0.39, 0.29) is 12.5 Å². The van der Waals surface area contributed by atoms with Gasteiger partial charge in [0.1, 0.15) is 5.75 Å². The Morgan fingerprint density at radius 2 is 1.96 bits per heavy atom. The Morgan fingerprint density at radius 1 is 1.22 bits per heavy atom. The van der Waals surface area contributed by atoms with Gasteiger partial charge in [0.2, 0.25) is 5.91 Å². The molecule has 0 aromatic heterocycles. The number of likely N-dealkylation sites (N-methyl/N-ethyl adjacent to an activating group) is 1. The number of nitrogens with zero attached hydrogens (tertiary/aromatic N) is 1. The maximum Gasteiger partial charge on any atom is 0.243 e. The third-order valence-electron chi connectivity index (χ3n) is 3.59. The third-order valence-corrected chi connectivity index (χ3v) is 3.89. The van der Waals surface area contributed by atoms with Gasteiger partial charge >= 0.3 is 0 Å². The molecule has 0 aliphatic rings. The van der Waals surface area contributed by atoms with E-state index in [0.717, 1.165) is 11.3 Å². The molecular weight excluding hydrogens is 312 g/mol. The summed E-state index contributed by atoms with van der Waals surface area (Å²) in [5.74, 6) is 0.479. The van der Waals surface area contributed by atoms with Crippen molar-refractivity contribution in [3.05, 3.63) is 52.5 Å². The fourth-order valence-electron chi connectivity index (χ4n) is 2.38. The first-order valence-electron chi connectivity index (χ1n) is 7.32. The van der Waals surface area contributed by atoms with Crippen LogP contribution in [0.15, 0.2) is 36.4 Å². The minimum absolute atomic E-state index is 0.102. The lowest BCUT2D eigenvalue weighted by Crippen LogP contribution is -2.30. The van der Waals surface area contributed by atoms with Gasteiger partial charge in [0.15, 0.2) is 0 Å². The van der Waals surface area contributed by atoms with Crippen molar-refractivity contribution in [2.75, 3.05) is 30.9 Å². The highest BCUT2D eigenvalue weighted by Crippen LogP contribution is 2.27. The number of methoxy groups -OCH3 is 1. The maximum atomic E-state index is 12.2. The zero-order valence-corrected chi connectivity index (χ0v) is 14.6. The van der Waals surface area contributed by atoms with Gasteiger partial charge < -0.3 is 15.0 Å². The van der Waals surface area contributed by atoms with Gasteiger partial charge in [-0.25, -0.2) is 0 Å². The number of amides is 1. The molecule has 4 nitrogen and oxygen atoms in total. The molecule has 0 aliphatic carbocycles. The highest BCUT2D eigenvalue weighted by molar-refractivity contribution is 6.32. The Balaban J connectivity index is 2.04. The Hall–Kier alpha value is -2.20. The summed E-state index contributed by atoms with van der Waals surface area (Å²) in [4.78, 5) is 14.2. The van der Waals surface area contributed by atoms with Crippen molar-refractivity contribution < 1.29 is 9.53 Å². The van der Waals surface area contributed by atoms with Crippen molar-refractivity contribution >= 4 is 28.9 Å². The van der Waals surface area contributed by atoms with Gasteiger partial charge in [-0.15, -0.1) is 0 Å². The smallest absolute Gasteiger partial charge is 0.243 e. The van der Waals surface area contributed by atoms with Crippen molar-refractivity contribution in [1.29, 1.82) is 0 Å². The van der Waals surface area contributed by atoms with Gasteiger partial charge in [-0.05, 0) is 49.2 Å². The minimum Gasteiger partial charge on any atom is -0.495 e. The van der Waals surface area contributed by atoms with Crippen LogP contribution in [0.2, 0.25) is 5.02 Å². The van der Waals surface area contributed by atoms with Crippen LogP contribution in [-0.4, -0.2) is 26.6 Å². The number of hydrogen-bond donors (Lipinski definition) is 1. The van der Waals surface area contributed by atoms with Gasteiger partial charge in [-0.1, -0.05) is 23.7 Å². The summed E-state index contributed by atoms with van der Waals surface area (Å²) in [5, 5.41) is 3.31. The highest BCUT2D eigenvalue weighted by atomic mass is 35.5. The highest BCUT2D eigenvalue weighted by Gasteiger charge is 2.11. The molecule has 122 valence electrons. The number of ether oxygens (including phenoxy) is 1. The predicted octanol–water partition coefficient (Wildman–Crippen LogP) is 4.04. The fraction of sp³-hybridized carbons (Fsp3) is 0.278. The van der Waals surface area contributed by atoms with E-state index < -0.39 is 0 Å². The van der Waals surface area contributed by atoms with Gasteiger partial charge in [0.05, 0.1) is 18.7 Å². The van der Waals surface area contributed by atoms with Crippen molar-refractivity contribution in [2.24, 2.45) is 0 Å². The normalized spacial score (nSPS) is 10.3. The zero-order chi connectivity index (χ0) is 17.0. The molecule has 23 heavy (non-hydrogen) atoms. The van der Waals surface area contributed by atoms with Crippen molar-refractivity contribution in [2.45, 2.75) is 13.8 Å². The Kier molecular flexibility index (Phi) is 5.50. The number of aryl methyl sites for hydroxylation is 2. The first kappa shape index (κ1) is 17.2. The molecule has 2 aromatic carbocycles. The quantitative estimate of drug-likeness (QED) is 0.898. The van der Waals surface area contributed by atoms with Crippen molar-refractivity contribution in [3.8, 4) is 5.75 Å². The second-order valence-corrected chi connectivity index (χ2v) is 5.95. The van der Waals surface area contributed by atoms with Crippen molar-refractivity contribution in [1.82, 2.24) is 0 Å². The molecule has 2 aromatic rings. The first-order chi connectivity index (χ1) is 10.9. The van der Waals surface area contributed by atoms with Crippen LogP contribution in [0.5, 0.6) is 5.75 Å². The number of nitrogens with one attached hydrogen (secondary N) is 1. The summed E-state index contributed by atoms with van der Waals surface area (Å²) in [6.07, 6.45) is 0. The van der Waals surface area contributed by atoms with Crippen molar-refractivity contribution in [3.63, 3.8) is 0 Å². The molecule has 0 heterocycles. The Morgan fingerprint density at radius 3 is 2.61 bits per heavy atom. The van der Waals surface area contributed by atoms with Crippen LogP contribution < -0.4 is 15.0 Å². The Bertz CT molecular complexity index is 716. The molecule has 0 atom stereocenters. The number of halogens is 1. The van der Waals surface area contributed by atoms with Crippen LogP contribution in [0.3, 0.4) is 0 Å². The van der Waals surface area contributed by atoms with E-state index in [4.69, 9.17) is 16.3 Å². The monoisotopic (exact) mass is 332 g/mol. The van der Waals surface area contributed by atoms with Crippen LogP contribution in [0.4, 0.5) is 11.4 Å². The zero-order valence-electron chi connectivity index (χ0n) is 13.8. The number of carbonyl (C=O) groups excluding carboxylic acids is 1. The molecule has 0 saturated heterocycles. The number of anilines is 2. The summed E-state index contributed by atoms with van der Waals surface area (Å²) in [6.45, 7) is 4.33. The van der Waals surface area contributed by atoms with Gasteiger partial charge in [0.25, 0.3) is 0 Å². The molecule has 0 saturated carbocycles. The number of rotatable bonds is 5. The molecule has 5 heteroatoms. The summed E-state index contributed by atoms with van der Waals surface area (Å²) in [6, 6.07) is 11.4. The molecule has 0 fully saturated rings. The maximum absolute atomic E-state index is 12.2.